The number of carbonyl (C=O) groups is 1. The van der Waals surface area contributed by atoms with E-state index in [4.69, 9.17) is 0 Å². The summed E-state index contributed by atoms with van der Waals surface area (Å²) in [6, 6.07) is 10.9. The normalized spacial score (nSPS) is 24.3. The minimum absolute atomic E-state index is 0. The number of hydrogen-bond donors (Lipinski definition) is 2. The number of rotatable bonds is 4. The highest BCUT2D eigenvalue weighted by Gasteiger charge is 2.27. The first-order valence-electron chi connectivity index (χ1n) is 8.11. The first kappa shape index (κ1) is 20.2. The summed E-state index contributed by atoms with van der Waals surface area (Å²) >= 11 is 0. The van der Waals surface area contributed by atoms with Gasteiger partial charge in [0.2, 0.25) is 5.91 Å². The Bertz CT molecular complexity index is 466. The molecule has 3 rings (SSSR count). The fourth-order valence-electron chi connectivity index (χ4n) is 3.31. The van der Waals surface area contributed by atoms with Crippen LogP contribution in [0.25, 0.3) is 0 Å². The van der Waals surface area contributed by atoms with E-state index in [-0.39, 0.29) is 36.8 Å². The van der Waals surface area contributed by atoms with Gasteiger partial charge in [-0.15, -0.1) is 24.8 Å². The Balaban J connectivity index is 0.00000132. The van der Waals surface area contributed by atoms with Gasteiger partial charge in [0.15, 0.2) is 0 Å². The van der Waals surface area contributed by atoms with Crippen LogP contribution in [-0.4, -0.2) is 42.5 Å². The van der Waals surface area contributed by atoms with E-state index >= 15 is 0 Å². The number of carbonyl (C=O) groups excluding carboxylic acids is 1. The molecule has 0 aromatic heterocycles. The first-order chi connectivity index (χ1) is 10.3. The van der Waals surface area contributed by atoms with E-state index in [1.165, 1.54) is 12.0 Å². The van der Waals surface area contributed by atoms with Crippen LogP contribution in [0.15, 0.2) is 30.3 Å². The molecule has 6 heteroatoms. The molecule has 0 radical (unpaired) electrons. The van der Waals surface area contributed by atoms with Crippen LogP contribution in [0.5, 0.6) is 0 Å². The van der Waals surface area contributed by atoms with Gasteiger partial charge in [-0.3, -0.25) is 9.69 Å². The number of benzene rings is 1. The number of amides is 1. The number of nitrogens with one attached hydrogen (secondary N) is 2. The molecule has 0 saturated carbocycles. The van der Waals surface area contributed by atoms with E-state index in [2.05, 4.69) is 39.8 Å². The first-order valence-corrected chi connectivity index (χ1v) is 8.11. The van der Waals surface area contributed by atoms with Gasteiger partial charge in [0, 0.05) is 25.7 Å². The van der Waals surface area contributed by atoms with Crippen LogP contribution in [0.3, 0.4) is 0 Å². The molecule has 2 N–H and O–H groups in total. The number of halogens is 2. The van der Waals surface area contributed by atoms with Crippen molar-refractivity contribution in [1.82, 2.24) is 15.5 Å². The maximum Gasteiger partial charge on any atom is 0.237 e. The van der Waals surface area contributed by atoms with E-state index in [9.17, 15) is 4.79 Å². The van der Waals surface area contributed by atoms with Crippen LogP contribution in [0.4, 0.5) is 0 Å². The molecule has 2 saturated heterocycles. The zero-order chi connectivity index (χ0) is 14.5. The summed E-state index contributed by atoms with van der Waals surface area (Å²) in [5, 5.41) is 6.54. The third-order valence-electron chi connectivity index (χ3n) is 4.49. The highest BCUT2D eigenvalue weighted by atomic mass is 35.5. The Kier molecular flexibility index (Phi) is 8.92. The molecule has 1 aromatic carbocycles. The SMILES string of the molecule is Cl.Cl.O=C(NC1CCN(Cc2ccccc2)C1)[C@H]1CCCCN1. The Morgan fingerprint density at radius 3 is 2.65 bits per heavy atom. The fraction of sp³-hybridized carbons (Fsp3) is 0.588. The van der Waals surface area contributed by atoms with Crippen LogP contribution >= 0.6 is 24.8 Å². The van der Waals surface area contributed by atoms with E-state index in [0.29, 0.717) is 6.04 Å². The lowest BCUT2D eigenvalue weighted by Gasteiger charge is -2.24. The Morgan fingerprint density at radius 2 is 1.96 bits per heavy atom. The molecule has 2 fully saturated rings. The van der Waals surface area contributed by atoms with E-state index in [0.717, 1.165) is 45.4 Å². The van der Waals surface area contributed by atoms with Crippen molar-refractivity contribution in [3.63, 3.8) is 0 Å². The van der Waals surface area contributed by atoms with Crippen molar-refractivity contribution in [2.24, 2.45) is 0 Å². The van der Waals surface area contributed by atoms with Gasteiger partial charge in [0.25, 0.3) is 0 Å². The second-order valence-corrected chi connectivity index (χ2v) is 6.22. The Hall–Kier alpha value is -0.810. The summed E-state index contributed by atoms with van der Waals surface area (Å²) in [6.45, 7) is 3.99. The number of likely N-dealkylation sites (tertiary alicyclic amines) is 1. The molecule has 1 amide bonds. The van der Waals surface area contributed by atoms with Gasteiger partial charge in [0.1, 0.15) is 0 Å². The van der Waals surface area contributed by atoms with Crippen molar-refractivity contribution in [3.8, 4) is 0 Å². The quantitative estimate of drug-likeness (QED) is 0.867. The number of hydrogen-bond acceptors (Lipinski definition) is 3. The molecule has 2 aliphatic heterocycles. The maximum absolute atomic E-state index is 12.2. The third-order valence-corrected chi connectivity index (χ3v) is 4.49. The molecule has 130 valence electrons. The molecular formula is C17H27Cl2N3O. The lowest BCUT2D eigenvalue weighted by Crippen LogP contribution is -2.50. The standard InChI is InChI=1S/C17H25N3O.2ClH/c21-17(16-8-4-5-10-18-16)19-15-9-11-20(13-15)12-14-6-2-1-3-7-14;;/h1-3,6-7,15-16,18H,4-5,8-13H2,(H,19,21);2*1H/t15?,16-;;/m1../s1. The molecule has 2 aliphatic rings. The zero-order valence-corrected chi connectivity index (χ0v) is 15.0. The van der Waals surface area contributed by atoms with Gasteiger partial charge >= 0.3 is 0 Å². The minimum atomic E-state index is 0. The number of piperidine rings is 1. The van der Waals surface area contributed by atoms with Gasteiger partial charge in [-0.05, 0) is 31.4 Å². The van der Waals surface area contributed by atoms with Crippen LogP contribution in [0, 0.1) is 0 Å². The highest BCUT2D eigenvalue weighted by molar-refractivity contribution is 5.85. The zero-order valence-electron chi connectivity index (χ0n) is 13.4. The molecule has 2 atom stereocenters. The predicted octanol–water partition coefficient (Wildman–Crippen LogP) is 2.36. The summed E-state index contributed by atoms with van der Waals surface area (Å²) in [7, 11) is 0. The van der Waals surface area contributed by atoms with Crippen LogP contribution < -0.4 is 10.6 Å². The molecule has 0 bridgehead atoms. The average molecular weight is 360 g/mol. The summed E-state index contributed by atoms with van der Waals surface area (Å²) < 4.78 is 0. The number of nitrogens with zero attached hydrogens (tertiary/aromatic N) is 1. The van der Waals surface area contributed by atoms with Crippen LogP contribution in [0.1, 0.15) is 31.2 Å². The monoisotopic (exact) mass is 359 g/mol. The largest absolute Gasteiger partial charge is 0.351 e. The van der Waals surface area contributed by atoms with Gasteiger partial charge in [0.05, 0.1) is 6.04 Å². The van der Waals surface area contributed by atoms with Crippen LogP contribution in [-0.2, 0) is 11.3 Å². The molecule has 4 nitrogen and oxygen atoms in total. The fourth-order valence-corrected chi connectivity index (χ4v) is 3.31. The minimum Gasteiger partial charge on any atom is -0.351 e. The lowest BCUT2D eigenvalue weighted by molar-refractivity contribution is -0.124. The molecule has 0 spiro atoms. The van der Waals surface area contributed by atoms with E-state index in [1.54, 1.807) is 0 Å². The summed E-state index contributed by atoms with van der Waals surface area (Å²) in [4.78, 5) is 14.7. The Labute approximate surface area is 151 Å². The van der Waals surface area contributed by atoms with Gasteiger partial charge in [-0.25, -0.2) is 0 Å². The lowest BCUT2D eigenvalue weighted by atomic mass is 10.0. The predicted molar refractivity (Wildman–Crippen MR) is 98.4 cm³/mol. The molecule has 1 unspecified atom stereocenters. The maximum atomic E-state index is 12.2. The van der Waals surface area contributed by atoms with Crippen molar-refractivity contribution in [2.75, 3.05) is 19.6 Å². The smallest absolute Gasteiger partial charge is 0.237 e. The molecule has 1 aromatic rings. The average Bonchev–Trinajstić information content (AvgIpc) is 2.96. The summed E-state index contributed by atoms with van der Waals surface area (Å²) in [5.74, 6) is 0.196. The van der Waals surface area contributed by atoms with Gasteiger partial charge < -0.3 is 10.6 Å². The topological polar surface area (TPSA) is 44.4 Å². The summed E-state index contributed by atoms with van der Waals surface area (Å²) in [6.07, 6.45) is 4.39. The molecule has 2 heterocycles. The van der Waals surface area contributed by atoms with E-state index in [1.807, 2.05) is 6.07 Å². The van der Waals surface area contributed by atoms with Gasteiger partial charge in [-0.2, -0.15) is 0 Å². The van der Waals surface area contributed by atoms with Gasteiger partial charge in [-0.1, -0.05) is 36.8 Å². The third kappa shape index (κ3) is 5.96. The molecular weight excluding hydrogens is 333 g/mol. The second kappa shape index (κ2) is 10.1. The van der Waals surface area contributed by atoms with Crippen molar-refractivity contribution in [1.29, 1.82) is 0 Å². The van der Waals surface area contributed by atoms with Crippen molar-refractivity contribution >= 4 is 30.7 Å². The van der Waals surface area contributed by atoms with Crippen molar-refractivity contribution < 1.29 is 4.79 Å². The highest BCUT2D eigenvalue weighted by Crippen LogP contribution is 2.14. The molecule has 23 heavy (non-hydrogen) atoms. The van der Waals surface area contributed by atoms with Crippen LogP contribution in [0.2, 0.25) is 0 Å². The van der Waals surface area contributed by atoms with Crippen molar-refractivity contribution in [2.45, 2.75) is 44.3 Å². The molecule has 0 aliphatic carbocycles. The second-order valence-electron chi connectivity index (χ2n) is 6.22. The summed E-state index contributed by atoms with van der Waals surface area (Å²) in [5.41, 5.74) is 1.35. The van der Waals surface area contributed by atoms with E-state index < -0.39 is 0 Å². The van der Waals surface area contributed by atoms with Crippen molar-refractivity contribution in [3.05, 3.63) is 35.9 Å². The Morgan fingerprint density at radius 1 is 1.17 bits per heavy atom.